The van der Waals surface area contributed by atoms with Crippen LogP contribution in [0.5, 0.6) is 0 Å². The van der Waals surface area contributed by atoms with Crippen LogP contribution in [0.1, 0.15) is 25.8 Å². The molecule has 1 aliphatic rings. The number of benzene rings is 1. The van der Waals surface area contributed by atoms with Crippen molar-refractivity contribution in [2.24, 2.45) is 10.7 Å². The third-order valence-corrected chi connectivity index (χ3v) is 5.20. The first kappa shape index (κ1) is 22.9. The molecule has 29 heavy (non-hydrogen) atoms. The van der Waals surface area contributed by atoms with E-state index in [0.29, 0.717) is 40.9 Å². The molecule has 0 spiro atoms. The van der Waals surface area contributed by atoms with Gasteiger partial charge in [0.25, 0.3) is 5.91 Å². The fourth-order valence-electron chi connectivity index (χ4n) is 2.80. The summed E-state index contributed by atoms with van der Waals surface area (Å²) in [5.41, 5.74) is 7.32. The Morgan fingerprint density at radius 2 is 2.14 bits per heavy atom. The number of nitrogens with one attached hydrogen (secondary N) is 3. The van der Waals surface area contributed by atoms with Crippen LogP contribution in [-0.4, -0.2) is 36.5 Å². The molecular formula is C20H25Cl2N5O2. The van der Waals surface area contributed by atoms with Gasteiger partial charge >= 0.3 is 0 Å². The predicted molar refractivity (Wildman–Crippen MR) is 117 cm³/mol. The van der Waals surface area contributed by atoms with Gasteiger partial charge in [0.2, 0.25) is 0 Å². The molecule has 9 heteroatoms. The predicted octanol–water partition coefficient (Wildman–Crippen LogP) is 2.29. The van der Waals surface area contributed by atoms with E-state index in [-0.39, 0.29) is 23.7 Å². The lowest BCUT2D eigenvalue weighted by Crippen LogP contribution is -2.37. The number of allylic oxidation sites excluding steroid dienone is 1. The quantitative estimate of drug-likeness (QED) is 0.368. The molecule has 2 rings (SSSR count). The van der Waals surface area contributed by atoms with Gasteiger partial charge < -0.3 is 26.5 Å². The van der Waals surface area contributed by atoms with Crippen molar-refractivity contribution in [1.82, 2.24) is 16.0 Å². The van der Waals surface area contributed by atoms with Gasteiger partial charge in [0.05, 0.1) is 22.1 Å². The number of nitrogens with two attached hydrogens (primary N) is 1. The number of nitrogens with zero attached hydrogens (tertiary/aromatic N) is 1. The molecule has 1 aliphatic heterocycles. The molecule has 1 saturated heterocycles. The number of carbonyl (C=O) groups is 2. The first-order valence-corrected chi connectivity index (χ1v) is 9.94. The third kappa shape index (κ3) is 6.59. The van der Waals surface area contributed by atoms with Crippen LogP contribution in [0.15, 0.2) is 46.9 Å². The van der Waals surface area contributed by atoms with Crippen molar-refractivity contribution in [1.29, 1.82) is 0 Å². The van der Waals surface area contributed by atoms with Crippen molar-refractivity contribution in [3.63, 3.8) is 0 Å². The molecule has 1 heterocycles. The van der Waals surface area contributed by atoms with Crippen LogP contribution in [-0.2, 0) is 16.1 Å². The van der Waals surface area contributed by atoms with E-state index in [0.717, 1.165) is 11.8 Å². The Hall–Kier alpha value is -2.35. The Balaban J connectivity index is 2.06. The summed E-state index contributed by atoms with van der Waals surface area (Å²) in [4.78, 5) is 28.3. The maximum absolute atomic E-state index is 12.8. The van der Waals surface area contributed by atoms with Crippen LogP contribution in [0.4, 0.5) is 0 Å². The maximum Gasteiger partial charge on any atom is 0.275 e. The molecule has 2 atom stereocenters. The smallest absolute Gasteiger partial charge is 0.275 e. The molecule has 1 aromatic carbocycles. The molecule has 5 N–H and O–H groups in total. The molecule has 0 bridgehead atoms. The lowest BCUT2D eigenvalue weighted by atomic mass is 10.1. The highest BCUT2D eigenvalue weighted by molar-refractivity contribution is 6.45. The second-order valence-electron chi connectivity index (χ2n) is 6.63. The highest BCUT2D eigenvalue weighted by Crippen LogP contribution is 2.22. The molecule has 156 valence electrons. The van der Waals surface area contributed by atoms with Crippen molar-refractivity contribution >= 4 is 41.1 Å². The van der Waals surface area contributed by atoms with Crippen molar-refractivity contribution in [3.05, 3.63) is 57.5 Å². The van der Waals surface area contributed by atoms with Gasteiger partial charge in [-0.15, -0.1) is 0 Å². The molecule has 1 amide bonds. The van der Waals surface area contributed by atoms with Gasteiger partial charge in [-0.3, -0.25) is 9.79 Å². The molecule has 1 aromatic rings. The number of aliphatic imine (C=N–C) groups is 1. The van der Waals surface area contributed by atoms with Crippen molar-refractivity contribution in [2.75, 3.05) is 6.54 Å². The summed E-state index contributed by atoms with van der Waals surface area (Å²) in [5.74, 6) is 0.141. The summed E-state index contributed by atoms with van der Waals surface area (Å²) in [6.07, 6.45) is 4.49. The minimum absolute atomic E-state index is 0.168. The molecular weight excluding hydrogens is 413 g/mol. The Bertz CT molecular complexity index is 851. The lowest BCUT2D eigenvalue weighted by molar-refractivity contribution is -0.114. The highest BCUT2D eigenvalue weighted by atomic mass is 35.5. The normalized spacial score (nSPS) is 20.5. The minimum atomic E-state index is -0.381. The minimum Gasteiger partial charge on any atom is -0.404 e. The summed E-state index contributed by atoms with van der Waals surface area (Å²) in [6.45, 7) is 4.50. The van der Waals surface area contributed by atoms with E-state index < -0.39 is 0 Å². The highest BCUT2D eigenvalue weighted by Gasteiger charge is 2.25. The molecule has 0 aromatic heterocycles. The Morgan fingerprint density at radius 1 is 1.38 bits per heavy atom. The van der Waals surface area contributed by atoms with E-state index in [9.17, 15) is 9.59 Å². The molecule has 0 aliphatic carbocycles. The number of aldehydes is 1. The first-order valence-electron chi connectivity index (χ1n) is 9.18. The van der Waals surface area contributed by atoms with Crippen LogP contribution >= 0.6 is 23.2 Å². The van der Waals surface area contributed by atoms with Crippen molar-refractivity contribution < 1.29 is 9.59 Å². The van der Waals surface area contributed by atoms with E-state index in [1.807, 2.05) is 6.07 Å². The lowest BCUT2D eigenvalue weighted by Gasteiger charge is -2.15. The van der Waals surface area contributed by atoms with Gasteiger partial charge in [0.1, 0.15) is 17.8 Å². The monoisotopic (exact) mass is 437 g/mol. The number of hydrogen-bond donors (Lipinski definition) is 4. The number of amides is 1. The molecule has 0 radical (unpaired) electrons. The fourth-order valence-corrected chi connectivity index (χ4v) is 3.12. The van der Waals surface area contributed by atoms with Crippen LogP contribution in [0.2, 0.25) is 10.0 Å². The summed E-state index contributed by atoms with van der Waals surface area (Å²) in [6, 6.07) is 4.92. The number of carbonyl (C=O) groups excluding carboxylic acids is 2. The number of halogens is 2. The zero-order chi connectivity index (χ0) is 21.4. The number of rotatable bonds is 8. The third-order valence-electron chi connectivity index (χ3n) is 4.46. The second kappa shape index (κ2) is 11.0. The topological polar surface area (TPSA) is 109 Å². The van der Waals surface area contributed by atoms with E-state index in [1.165, 1.54) is 6.20 Å². The standard InChI is InChI=1S/C20H25Cl2N5O2/c1-3-18(25-9-13-4-5-16(21)17(22)6-13)27-20(29)19(12(2)8-23)26-14-7-15(11-28)24-10-14/h3-6,8,11,14-15,24-25H,7,9-10,23H2,1-2H3,(H,27,29)/b12-8?,18-3+,26-19?. The molecule has 7 nitrogen and oxygen atoms in total. The van der Waals surface area contributed by atoms with Crippen LogP contribution in [0, 0.1) is 0 Å². The zero-order valence-electron chi connectivity index (χ0n) is 16.3. The summed E-state index contributed by atoms with van der Waals surface area (Å²) in [5, 5.41) is 9.97. The zero-order valence-corrected chi connectivity index (χ0v) is 17.8. The fraction of sp³-hybridized carbons (Fsp3) is 0.350. The summed E-state index contributed by atoms with van der Waals surface area (Å²) < 4.78 is 0. The summed E-state index contributed by atoms with van der Waals surface area (Å²) >= 11 is 12.0. The Morgan fingerprint density at radius 3 is 2.72 bits per heavy atom. The van der Waals surface area contributed by atoms with Crippen LogP contribution in [0.25, 0.3) is 0 Å². The van der Waals surface area contributed by atoms with Gasteiger partial charge in [-0.25, -0.2) is 0 Å². The van der Waals surface area contributed by atoms with Gasteiger partial charge in [-0.2, -0.15) is 0 Å². The van der Waals surface area contributed by atoms with E-state index in [1.54, 1.807) is 32.1 Å². The average molecular weight is 438 g/mol. The largest absolute Gasteiger partial charge is 0.404 e. The van der Waals surface area contributed by atoms with Crippen LogP contribution < -0.4 is 21.7 Å². The van der Waals surface area contributed by atoms with Gasteiger partial charge in [0, 0.05) is 13.1 Å². The maximum atomic E-state index is 12.8. The number of hydrogen-bond acceptors (Lipinski definition) is 6. The van der Waals surface area contributed by atoms with Gasteiger partial charge in [0.15, 0.2) is 0 Å². The van der Waals surface area contributed by atoms with E-state index in [2.05, 4.69) is 20.9 Å². The van der Waals surface area contributed by atoms with Crippen molar-refractivity contribution in [2.45, 2.75) is 38.9 Å². The Labute approximate surface area is 180 Å². The van der Waals surface area contributed by atoms with Crippen molar-refractivity contribution in [3.8, 4) is 0 Å². The molecule has 0 saturated carbocycles. The van der Waals surface area contributed by atoms with Gasteiger partial charge in [-0.1, -0.05) is 29.3 Å². The average Bonchev–Trinajstić information content (AvgIpc) is 3.18. The Kier molecular flexibility index (Phi) is 8.70. The SMILES string of the molecule is C/C=C(\NCc1ccc(Cl)c(Cl)c1)NC(=O)C(=NC1CNC(C=O)C1)C(C)=CN. The van der Waals surface area contributed by atoms with Gasteiger partial charge in [-0.05, 0) is 55.8 Å². The first-order chi connectivity index (χ1) is 13.9. The van der Waals surface area contributed by atoms with E-state index in [4.69, 9.17) is 28.9 Å². The molecule has 2 unspecified atom stereocenters. The molecule has 1 fully saturated rings. The summed E-state index contributed by atoms with van der Waals surface area (Å²) in [7, 11) is 0. The second-order valence-corrected chi connectivity index (χ2v) is 7.44. The van der Waals surface area contributed by atoms with E-state index >= 15 is 0 Å². The van der Waals surface area contributed by atoms with Crippen LogP contribution in [0.3, 0.4) is 0 Å².